The summed E-state index contributed by atoms with van der Waals surface area (Å²) in [5.74, 6) is 3.39. The predicted octanol–water partition coefficient (Wildman–Crippen LogP) is 4.19. The lowest BCUT2D eigenvalue weighted by molar-refractivity contribution is 0.231. The quantitative estimate of drug-likeness (QED) is 0.299. The highest BCUT2D eigenvalue weighted by Gasteiger charge is 2.21. The molecular weight excluding hydrogens is 424 g/mol. The second-order valence-corrected chi connectivity index (χ2v) is 9.22. The Labute approximate surface area is 203 Å². The first-order chi connectivity index (χ1) is 16.7. The first-order valence-corrected chi connectivity index (χ1v) is 12.5. The standard InChI is InChI=1S/C27H38N6O/c1-2-13-33(14-11-20-4-3-5-20)27-16-23(19-31-32-27)34-26-15-22(17-29)6-8-24(26)25-9-7-21(10-12-28)18-30-25/h6-9,15-20,25,29-32H,2-5,10-14,28H2,1H3. The number of hydrogen-bond acceptors (Lipinski definition) is 7. The van der Waals surface area contributed by atoms with Crippen molar-refractivity contribution >= 4 is 6.21 Å². The van der Waals surface area contributed by atoms with Crippen molar-refractivity contribution in [3.8, 4) is 5.75 Å². The number of dihydropyridines is 1. The van der Waals surface area contributed by atoms with Crippen LogP contribution >= 0.6 is 0 Å². The topological polar surface area (TPSA) is 98.4 Å². The molecule has 2 heterocycles. The van der Waals surface area contributed by atoms with Crippen molar-refractivity contribution < 1.29 is 4.74 Å². The van der Waals surface area contributed by atoms with Gasteiger partial charge in [0, 0.05) is 37.1 Å². The van der Waals surface area contributed by atoms with Crippen LogP contribution in [-0.2, 0) is 0 Å². The van der Waals surface area contributed by atoms with Crippen molar-refractivity contribution in [2.45, 2.75) is 51.5 Å². The van der Waals surface area contributed by atoms with Gasteiger partial charge in [0.25, 0.3) is 0 Å². The molecule has 0 aromatic heterocycles. The van der Waals surface area contributed by atoms with E-state index in [0.29, 0.717) is 6.54 Å². The average molecular weight is 463 g/mol. The molecule has 1 aromatic carbocycles. The van der Waals surface area contributed by atoms with E-state index < -0.39 is 0 Å². The maximum absolute atomic E-state index is 7.70. The number of ether oxygens (including phenoxy) is 1. The Bertz CT molecular complexity index is 975. The first kappa shape index (κ1) is 24.0. The molecule has 0 radical (unpaired) electrons. The fraction of sp³-hybridized carbons (Fsp3) is 0.444. The Morgan fingerprint density at radius 3 is 2.79 bits per heavy atom. The molecule has 7 nitrogen and oxygen atoms in total. The van der Waals surface area contributed by atoms with E-state index in [2.05, 4.69) is 46.2 Å². The largest absolute Gasteiger partial charge is 0.455 e. The Hall–Kier alpha value is -3.19. The van der Waals surface area contributed by atoms with Crippen LogP contribution in [0.15, 0.2) is 66.0 Å². The zero-order chi connectivity index (χ0) is 23.8. The van der Waals surface area contributed by atoms with E-state index in [4.69, 9.17) is 15.9 Å². The number of rotatable bonds is 12. The molecule has 34 heavy (non-hydrogen) atoms. The molecule has 0 saturated heterocycles. The van der Waals surface area contributed by atoms with E-state index in [1.54, 1.807) is 0 Å². The van der Waals surface area contributed by atoms with Crippen molar-refractivity contribution in [3.05, 3.63) is 77.1 Å². The highest BCUT2D eigenvalue weighted by Crippen LogP contribution is 2.32. The SMILES string of the molecule is CCCN(CCC1CCC1)C1=CC(Oc2cc(C=N)ccc2C2C=CC(CCN)=CN2)=CNN1. The van der Waals surface area contributed by atoms with Crippen LogP contribution in [0.3, 0.4) is 0 Å². The minimum absolute atomic E-state index is 0.00546. The van der Waals surface area contributed by atoms with E-state index in [-0.39, 0.29) is 6.04 Å². The second kappa shape index (κ2) is 11.8. The fourth-order valence-electron chi connectivity index (χ4n) is 4.51. The van der Waals surface area contributed by atoms with Crippen molar-refractivity contribution in [1.82, 2.24) is 21.1 Å². The smallest absolute Gasteiger partial charge is 0.148 e. The molecule has 0 amide bonds. The summed E-state index contributed by atoms with van der Waals surface area (Å²) < 4.78 is 6.41. The van der Waals surface area contributed by atoms with Crippen LogP contribution in [-0.4, -0.2) is 30.7 Å². The molecule has 1 atom stereocenters. The number of nitrogens with zero attached hydrogens (tertiary/aromatic N) is 1. The number of hydrogen-bond donors (Lipinski definition) is 5. The van der Waals surface area contributed by atoms with Crippen LogP contribution in [0.2, 0.25) is 0 Å². The van der Waals surface area contributed by atoms with Crippen LogP contribution in [0.1, 0.15) is 62.6 Å². The summed E-state index contributed by atoms with van der Waals surface area (Å²) in [6.45, 7) is 4.90. The maximum atomic E-state index is 7.70. The molecule has 1 saturated carbocycles. The Morgan fingerprint density at radius 1 is 1.24 bits per heavy atom. The number of hydrazine groups is 1. The molecule has 1 fully saturated rings. The Morgan fingerprint density at radius 2 is 2.12 bits per heavy atom. The van der Waals surface area contributed by atoms with Gasteiger partial charge in [-0.05, 0) is 48.9 Å². The maximum Gasteiger partial charge on any atom is 0.148 e. The molecule has 6 N–H and O–H groups in total. The zero-order valence-corrected chi connectivity index (χ0v) is 20.1. The van der Waals surface area contributed by atoms with Gasteiger partial charge in [0.15, 0.2) is 0 Å². The van der Waals surface area contributed by atoms with Gasteiger partial charge in [0.1, 0.15) is 17.3 Å². The van der Waals surface area contributed by atoms with Crippen LogP contribution < -0.4 is 26.6 Å². The summed E-state index contributed by atoms with van der Waals surface area (Å²) in [6, 6.07) is 5.90. The summed E-state index contributed by atoms with van der Waals surface area (Å²) in [5, 5.41) is 11.2. The third-order valence-electron chi connectivity index (χ3n) is 6.71. The molecule has 2 aliphatic heterocycles. The highest BCUT2D eigenvalue weighted by molar-refractivity contribution is 5.78. The van der Waals surface area contributed by atoms with Crippen molar-refractivity contribution in [1.29, 1.82) is 5.41 Å². The summed E-state index contributed by atoms with van der Waals surface area (Å²) >= 11 is 0. The van der Waals surface area contributed by atoms with Gasteiger partial charge in [0.2, 0.25) is 0 Å². The molecule has 0 spiro atoms. The van der Waals surface area contributed by atoms with Crippen molar-refractivity contribution in [2.24, 2.45) is 11.7 Å². The van der Waals surface area contributed by atoms with Gasteiger partial charge in [-0.2, -0.15) is 0 Å². The molecule has 1 unspecified atom stereocenters. The van der Waals surface area contributed by atoms with Crippen molar-refractivity contribution in [3.63, 3.8) is 0 Å². The molecule has 0 bridgehead atoms. The lowest BCUT2D eigenvalue weighted by atomic mass is 9.83. The molecule has 3 aliphatic rings. The normalized spacial score (nSPS) is 19.5. The fourth-order valence-corrected chi connectivity index (χ4v) is 4.51. The van der Waals surface area contributed by atoms with Gasteiger partial charge >= 0.3 is 0 Å². The zero-order valence-electron chi connectivity index (χ0n) is 20.1. The van der Waals surface area contributed by atoms with E-state index in [1.807, 2.05) is 30.6 Å². The molecule has 1 aliphatic carbocycles. The minimum atomic E-state index is -0.00546. The number of nitrogens with one attached hydrogen (secondary N) is 4. The van der Waals surface area contributed by atoms with Gasteiger partial charge in [-0.25, -0.2) is 0 Å². The van der Waals surface area contributed by atoms with Gasteiger partial charge in [0.05, 0.1) is 12.2 Å². The third kappa shape index (κ3) is 6.03. The van der Waals surface area contributed by atoms with Crippen LogP contribution in [0.25, 0.3) is 0 Å². The third-order valence-corrected chi connectivity index (χ3v) is 6.71. The summed E-state index contributed by atoms with van der Waals surface area (Å²) in [5.41, 5.74) is 15.2. The van der Waals surface area contributed by atoms with Gasteiger partial charge in [-0.1, -0.05) is 50.5 Å². The summed E-state index contributed by atoms with van der Waals surface area (Å²) in [4.78, 5) is 2.41. The highest BCUT2D eigenvalue weighted by atomic mass is 16.5. The molecular formula is C27H38N6O. The Balaban J connectivity index is 1.50. The summed E-state index contributed by atoms with van der Waals surface area (Å²) in [6.07, 6.45) is 18.8. The van der Waals surface area contributed by atoms with Crippen LogP contribution in [0.4, 0.5) is 0 Å². The lowest BCUT2D eigenvalue weighted by Gasteiger charge is -2.33. The number of benzene rings is 1. The van der Waals surface area contributed by atoms with Gasteiger partial charge in [-0.15, -0.1) is 0 Å². The second-order valence-electron chi connectivity index (χ2n) is 9.22. The molecule has 182 valence electrons. The van der Waals surface area contributed by atoms with E-state index in [0.717, 1.165) is 60.3 Å². The predicted molar refractivity (Wildman–Crippen MR) is 138 cm³/mol. The van der Waals surface area contributed by atoms with Gasteiger partial charge in [-0.3, -0.25) is 5.43 Å². The molecule has 1 aromatic rings. The lowest BCUT2D eigenvalue weighted by Crippen LogP contribution is -2.41. The average Bonchev–Trinajstić information content (AvgIpc) is 2.83. The van der Waals surface area contributed by atoms with Gasteiger partial charge < -0.3 is 31.5 Å². The van der Waals surface area contributed by atoms with E-state index in [1.165, 1.54) is 37.5 Å². The first-order valence-electron chi connectivity index (χ1n) is 12.5. The van der Waals surface area contributed by atoms with Crippen LogP contribution in [0.5, 0.6) is 5.75 Å². The van der Waals surface area contributed by atoms with Crippen molar-refractivity contribution in [2.75, 3.05) is 19.6 Å². The minimum Gasteiger partial charge on any atom is -0.455 e. The number of nitrogens with two attached hydrogens (primary N) is 1. The molecule has 4 rings (SSSR count). The van der Waals surface area contributed by atoms with Crippen LogP contribution in [0, 0.1) is 11.3 Å². The molecule has 7 heteroatoms. The van der Waals surface area contributed by atoms with E-state index >= 15 is 0 Å². The number of allylic oxidation sites excluding steroid dienone is 2. The summed E-state index contributed by atoms with van der Waals surface area (Å²) in [7, 11) is 0. The monoisotopic (exact) mass is 462 g/mol. The van der Waals surface area contributed by atoms with E-state index in [9.17, 15) is 0 Å². The Kier molecular flexibility index (Phi) is 8.31.